The van der Waals surface area contributed by atoms with E-state index in [-0.39, 0.29) is 5.92 Å². The number of hydrogen-bond donors (Lipinski definition) is 1. The average molecular weight is 162 g/mol. The van der Waals surface area contributed by atoms with Crippen molar-refractivity contribution < 1.29 is 9.90 Å². The van der Waals surface area contributed by atoms with E-state index in [1.807, 2.05) is 25.1 Å². The van der Waals surface area contributed by atoms with E-state index in [1.165, 1.54) is 5.56 Å². The number of carboxylic acid groups (broad SMARTS) is 1. The Hall–Kier alpha value is -1.31. The summed E-state index contributed by atoms with van der Waals surface area (Å²) in [5.74, 6) is -0.951. The standard InChI is InChI=1S/C10H10O2/c1-6-2-3-7-5-9(10(11)12)8(7)4-6/h2-4,9H,5H2,1H3,(H,11,12). The predicted molar refractivity (Wildman–Crippen MR) is 45.3 cm³/mol. The van der Waals surface area contributed by atoms with Crippen LogP contribution in [0, 0.1) is 6.92 Å². The van der Waals surface area contributed by atoms with Crippen molar-refractivity contribution in [2.24, 2.45) is 0 Å². The molecule has 12 heavy (non-hydrogen) atoms. The van der Waals surface area contributed by atoms with E-state index in [1.54, 1.807) is 0 Å². The normalized spacial score (nSPS) is 19.6. The highest BCUT2D eigenvalue weighted by Crippen LogP contribution is 2.35. The number of aliphatic carboxylic acids is 1. The summed E-state index contributed by atoms with van der Waals surface area (Å²) >= 11 is 0. The second-order valence-electron chi connectivity index (χ2n) is 3.30. The summed E-state index contributed by atoms with van der Waals surface area (Å²) in [6, 6.07) is 6.01. The Bertz CT molecular complexity index is 342. The van der Waals surface area contributed by atoms with Crippen LogP contribution in [0.1, 0.15) is 22.6 Å². The molecule has 2 rings (SSSR count). The van der Waals surface area contributed by atoms with Crippen LogP contribution in [0.15, 0.2) is 18.2 Å². The van der Waals surface area contributed by atoms with Gasteiger partial charge in [-0.1, -0.05) is 23.8 Å². The first kappa shape index (κ1) is 7.35. The van der Waals surface area contributed by atoms with Crippen LogP contribution in [0.4, 0.5) is 0 Å². The van der Waals surface area contributed by atoms with Crippen molar-refractivity contribution in [2.75, 3.05) is 0 Å². The molecule has 0 bridgehead atoms. The smallest absolute Gasteiger partial charge is 0.311 e. The van der Waals surface area contributed by atoms with E-state index in [0.717, 1.165) is 11.1 Å². The van der Waals surface area contributed by atoms with Crippen molar-refractivity contribution in [3.05, 3.63) is 34.9 Å². The summed E-state index contributed by atoms with van der Waals surface area (Å²) in [6.07, 6.45) is 0.699. The zero-order valence-corrected chi connectivity index (χ0v) is 6.87. The van der Waals surface area contributed by atoms with Crippen LogP contribution in [0.5, 0.6) is 0 Å². The van der Waals surface area contributed by atoms with E-state index in [4.69, 9.17) is 5.11 Å². The van der Waals surface area contributed by atoms with Crippen molar-refractivity contribution >= 4 is 5.97 Å². The SMILES string of the molecule is Cc1ccc2c(c1)C(C(=O)O)C2. The van der Waals surface area contributed by atoms with Crippen LogP contribution in [0.25, 0.3) is 0 Å². The molecule has 0 amide bonds. The number of hydrogen-bond acceptors (Lipinski definition) is 1. The molecule has 0 radical (unpaired) electrons. The Kier molecular flexibility index (Phi) is 1.43. The molecule has 1 aromatic rings. The summed E-state index contributed by atoms with van der Waals surface area (Å²) in [4.78, 5) is 10.7. The lowest BCUT2D eigenvalue weighted by atomic mass is 9.77. The molecule has 0 aromatic heterocycles. The van der Waals surface area contributed by atoms with Gasteiger partial charge in [0.15, 0.2) is 0 Å². The minimum absolute atomic E-state index is 0.250. The minimum Gasteiger partial charge on any atom is -0.481 e. The predicted octanol–water partition coefficient (Wildman–Crippen LogP) is 1.72. The quantitative estimate of drug-likeness (QED) is 0.682. The molecule has 1 aromatic carbocycles. The number of carbonyl (C=O) groups is 1. The average Bonchev–Trinajstić information content (AvgIpc) is 1.95. The molecule has 0 saturated carbocycles. The van der Waals surface area contributed by atoms with E-state index in [9.17, 15) is 4.79 Å². The van der Waals surface area contributed by atoms with Crippen molar-refractivity contribution in [3.63, 3.8) is 0 Å². The zero-order chi connectivity index (χ0) is 8.72. The highest BCUT2D eigenvalue weighted by atomic mass is 16.4. The molecule has 1 unspecified atom stereocenters. The summed E-state index contributed by atoms with van der Waals surface area (Å²) in [5.41, 5.74) is 3.33. The van der Waals surface area contributed by atoms with Crippen molar-refractivity contribution in [1.82, 2.24) is 0 Å². The largest absolute Gasteiger partial charge is 0.481 e. The third-order valence-electron chi connectivity index (χ3n) is 2.40. The molecule has 2 nitrogen and oxygen atoms in total. The van der Waals surface area contributed by atoms with Crippen molar-refractivity contribution in [1.29, 1.82) is 0 Å². The van der Waals surface area contributed by atoms with Crippen LogP contribution in [-0.2, 0) is 11.2 Å². The molecule has 1 atom stereocenters. The van der Waals surface area contributed by atoms with Gasteiger partial charge >= 0.3 is 5.97 Å². The van der Waals surface area contributed by atoms with Gasteiger partial charge in [0.1, 0.15) is 0 Å². The molecule has 1 N–H and O–H groups in total. The van der Waals surface area contributed by atoms with E-state index < -0.39 is 5.97 Å². The third kappa shape index (κ3) is 0.916. The summed E-state index contributed by atoms with van der Waals surface area (Å²) in [6.45, 7) is 1.98. The lowest BCUT2D eigenvalue weighted by Gasteiger charge is -2.26. The Labute approximate surface area is 70.8 Å². The van der Waals surface area contributed by atoms with Gasteiger partial charge in [-0.2, -0.15) is 0 Å². The first-order valence-corrected chi connectivity index (χ1v) is 4.00. The van der Waals surface area contributed by atoms with Gasteiger partial charge in [-0.15, -0.1) is 0 Å². The lowest BCUT2D eigenvalue weighted by Crippen LogP contribution is -2.24. The van der Waals surface area contributed by atoms with Gasteiger partial charge in [0, 0.05) is 0 Å². The first-order valence-electron chi connectivity index (χ1n) is 4.00. The highest BCUT2D eigenvalue weighted by molar-refractivity contribution is 5.80. The molecule has 1 aliphatic rings. The summed E-state index contributed by atoms with van der Waals surface area (Å²) < 4.78 is 0. The Morgan fingerprint density at radius 1 is 1.58 bits per heavy atom. The molecule has 0 spiro atoms. The molecule has 0 fully saturated rings. The Morgan fingerprint density at radius 2 is 2.33 bits per heavy atom. The van der Waals surface area contributed by atoms with Gasteiger partial charge in [-0.25, -0.2) is 0 Å². The Balaban J connectivity index is 2.39. The maximum Gasteiger partial charge on any atom is 0.311 e. The van der Waals surface area contributed by atoms with Crippen molar-refractivity contribution in [2.45, 2.75) is 19.3 Å². The zero-order valence-electron chi connectivity index (χ0n) is 6.87. The number of fused-ring (bicyclic) bond motifs is 1. The minimum atomic E-state index is -0.701. The van der Waals surface area contributed by atoms with Gasteiger partial charge in [0.2, 0.25) is 0 Å². The monoisotopic (exact) mass is 162 g/mol. The van der Waals surface area contributed by atoms with Crippen LogP contribution in [0.3, 0.4) is 0 Å². The van der Waals surface area contributed by atoms with Crippen LogP contribution in [-0.4, -0.2) is 11.1 Å². The molecule has 1 aliphatic carbocycles. The van der Waals surface area contributed by atoms with Crippen molar-refractivity contribution in [3.8, 4) is 0 Å². The van der Waals surface area contributed by atoms with Gasteiger partial charge in [0.05, 0.1) is 5.92 Å². The third-order valence-corrected chi connectivity index (χ3v) is 2.40. The number of rotatable bonds is 1. The number of benzene rings is 1. The van der Waals surface area contributed by atoms with E-state index in [0.29, 0.717) is 6.42 Å². The molecule has 0 saturated heterocycles. The Morgan fingerprint density at radius 3 is 3.00 bits per heavy atom. The van der Waals surface area contributed by atoms with Gasteiger partial charge in [0.25, 0.3) is 0 Å². The van der Waals surface area contributed by atoms with Crippen LogP contribution < -0.4 is 0 Å². The molecule has 0 aliphatic heterocycles. The molecule has 62 valence electrons. The lowest BCUT2D eigenvalue weighted by molar-refractivity contribution is -0.139. The maximum atomic E-state index is 10.7. The van der Waals surface area contributed by atoms with Crippen LogP contribution in [0.2, 0.25) is 0 Å². The second kappa shape index (κ2) is 2.34. The van der Waals surface area contributed by atoms with E-state index >= 15 is 0 Å². The molecule has 2 heteroatoms. The second-order valence-corrected chi connectivity index (χ2v) is 3.30. The molecular formula is C10H10O2. The fraction of sp³-hybridized carbons (Fsp3) is 0.300. The van der Waals surface area contributed by atoms with Crippen LogP contribution >= 0.6 is 0 Å². The van der Waals surface area contributed by atoms with Gasteiger partial charge < -0.3 is 5.11 Å². The summed E-state index contributed by atoms with van der Waals surface area (Å²) in [7, 11) is 0. The maximum absolute atomic E-state index is 10.7. The topological polar surface area (TPSA) is 37.3 Å². The molecular weight excluding hydrogens is 152 g/mol. The first-order chi connectivity index (χ1) is 5.68. The molecule has 0 heterocycles. The fourth-order valence-electron chi connectivity index (χ4n) is 1.64. The fourth-order valence-corrected chi connectivity index (χ4v) is 1.64. The number of carboxylic acids is 1. The highest BCUT2D eigenvalue weighted by Gasteiger charge is 2.31. The van der Waals surface area contributed by atoms with E-state index in [2.05, 4.69) is 0 Å². The van der Waals surface area contributed by atoms with Gasteiger partial charge in [-0.05, 0) is 24.5 Å². The van der Waals surface area contributed by atoms with Gasteiger partial charge in [-0.3, -0.25) is 4.79 Å². The summed E-state index contributed by atoms with van der Waals surface area (Å²) in [5, 5.41) is 8.77. The number of aryl methyl sites for hydroxylation is 1.